The van der Waals surface area contributed by atoms with E-state index >= 15 is 0 Å². The van der Waals surface area contributed by atoms with Crippen LogP contribution in [0.15, 0.2) is 78.9 Å². The molecule has 1 amide bonds. The number of nitrogens with zero attached hydrogens (tertiary/aromatic N) is 1. The highest BCUT2D eigenvalue weighted by Crippen LogP contribution is 2.19. The third-order valence-corrected chi connectivity index (χ3v) is 4.51. The van der Waals surface area contributed by atoms with Crippen LogP contribution in [0.25, 0.3) is 11.1 Å². The number of carbonyl (C=O) groups is 1. The summed E-state index contributed by atoms with van der Waals surface area (Å²) in [6.45, 7) is 1.02. The van der Waals surface area contributed by atoms with Gasteiger partial charge in [-0.15, -0.1) is 0 Å². The molecule has 0 spiro atoms. The van der Waals surface area contributed by atoms with E-state index in [2.05, 4.69) is 60.7 Å². The molecule has 27 heavy (non-hydrogen) atoms. The van der Waals surface area contributed by atoms with Gasteiger partial charge in [0.2, 0.25) is 5.91 Å². The van der Waals surface area contributed by atoms with Gasteiger partial charge in [-0.05, 0) is 54.9 Å². The van der Waals surface area contributed by atoms with Crippen LogP contribution >= 0.6 is 0 Å². The second-order valence-corrected chi connectivity index (χ2v) is 7.04. The van der Waals surface area contributed by atoms with E-state index in [0.717, 1.165) is 29.8 Å². The fraction of sp³-hybridized carbons (Fsp3) is 0.208. The van der Waals surface area contributed by atoms with E-state index in [1.165, 1.54) is 11.1 Å². The molecule has 0 aliphatic heterocycles. The van der Waals surface area contributed by atoms with Gasteiger partial charge in [0, 0.05) is 12.2 Å². The van der Waals surface area contributed by atoms with Gasteiger partial charge < -0.3 is 10.2 Å². The molecule has 0 fully saturated rings. The summed E-state index contributed by atoms with van der Waals surface area (Å²) in [4.78, 5) is 14.5. The summed E-state index contributed by atoms with van der Waals surface area (Å²) in [5, 5.41) is 2.98. The topological polar surface area (TPSA) is 32.3 Å². The maximum atomic E-state index is 12.3. The van der Waals surface area contributed by atoms with Crippen LogP contribution in [0.1, 0.15) is 11.1 Å². The summed E-state index contributed by atoms with van der Waals surface area (Å²) in [5.41, 5.74) is 5.47. The largest absolute Gasteiger partial charge is 0.326 e. The fourth-order valence-corrected chi connectivity index (χ4v) is 2.94. The molecule has 3 rings (SSSR count). The summed E-state index contributed by atoms with van der Waals surface area (Å²) in [7, 11) is 4.14. The minimum atomic E-state index is 0.00324. The first kappa shape index (κ1) is 18.9. The molecular weight excluding hydrogens is 332 g/mol. The van der Waals surface area contributed by atoms with Gasteiger partial charge in [-0.25, -0.2) is 0 Å². The van der Waals surface area contributed by atoms with Crippen LogP contribution in [0.5, 0.6) is 0 Å². The lowest BCUT2D eigenvalue weighted by atomic mass is 10.0. The number of hydrogen-bond acceptors (Lipinski definition) is 2. The van der Waals surface area contributed by atoms with Crippen molar-refractivity contribution in [1.29, 1.82) is 0 Å². The molecule has 3 aromatic rings. The molecule has 0 heterocycles. The molecule has 3 aromatic carbocycles. The predicted octanol–water partition coefficient (Wildman–Crippen LogP) is 4.64. The summed E-state index contributed by atoms with van der Waals surface area (Å²) >= 11 is 0. The Morgan fingerprint density at radius 2 is 1.37 bits per heavy atom. The van der Waals surface area contributed by atoms with Crippen LogP contribution in [0, 0.1) is 0 Å². The van der Waals surface area contributed by atoms with Crippen molar-refractivity contribution < 1.29 is 4.79 Å². The molecule has 0 saturated carbocycles. The number of hydrogen-bond donors (Lipinski definition) is 1. The Morgan fingerprint density at radius 1 is 0.778 bits per heavy atom. The van der Waals surface area contributed by atoms with E-state index in [1.807, 2.05) is 42.5 Å². The van der Waals surface area contributed by atoms with Crippen molar-refractivity contribution in [2.75, 3.05) is 26.0 Å². The highest BCUT2D eigenvalue weighted by Gasteiger charge is 2.05. The molecule has 3 heteroatoms. The molecule has 0 saturated heterocycles. The fourth-order valence-electron chi connectivity index (χ4n) is 2.94. The highest BCUT2D eigenvalue weighted by atomic mass is 16.1. The van der Waals surface area contributed by atoms with E-state index in [-0.39, 0.29) is 5.91 Å². The van der Waals surface area contributed by atoms with Crippen LogP contribution in [0.2, 0.25) is 0 Å². The van der Waals surface area contributed by atoms with Gasteiger partial charge in [-0.2, -0.15) is 0 Å². The first-order valence-electron chi connectivity index (χ1n) is 9.28. The molecule has 138 valence electrons. The third kappa shape index (κ3) is 5.80. The molecule has 1 N–H and O–H groups in total. The average molecular weight is 358 g/mol. The molecule has 0 aromatic heterocycles. The van der Waals surface area contributed by atoms with Crippen LogP contribution in [0.4, 0.5) is 5.69 Å². The molecule has 0 atom stereocenters. The molecule has 0 aliphatic carbocycles. The Labute approximate surface area is 161 Å². The summed E-state index contributed by atoms with van der Waals surface area (Å²) in [6, 6.07) is 26.5. The van der Waals surface area contributed by atoms with Crippen molar-refractivity contribution in [2.45, 2.75) is 12.8 Å². The van der Waals surface area contributed by atoms with Gasteiger partial charge in [0.1, 0.15) is 0 Å². The maximum Gasteiger partial charge on any atom is 0.228 e. The molecule has 0 unspecified atom stereocenters. The Bertz CT molecular complexity index is 853. The molecule has 3 nitrogen and oxygen atoms in total. The number of anilines is 1. The smallest absolute Gasteiger partial charge is 0.228 e. The van der Waals surface area contributed by atoms with Crippen molar-refractivity contribution in [2.24, 2.45) is 0 Å². The van der Waals surface area contributed by atoms with Crippen LogP contribution in [-0.4, -0.2) is 31.4 Å². The SMILES string of the molecule is CN(C)CCc1ccc(NC(=O)Cc2ccc(-c3ccccc3)cc2)cc1. The normalized spacial score (nSPS) is 10.8. The molecular formula is C24H26N2O. The third-order valence-electron chi connectivity index (χ3n) is 4.51. The van der Waals surface area contributed by atoms with Crippen molar-refractivity contribution in [1.82, 2.24) is 4.90 Å². The van der Waals surface area contributed by atoms with Crippen LogP contribution in [0.3, 0.4) is 0 Å². The van der Waals surface area contributed by atoms with Crippen molar-refractivity contribution in [3.05, 3.63) is 90.0 Å². The Balaban J connectivity index is 1.54. The predicted molar refractivity (Wildman–Crippen MR) is 113 cm³/mol. The summed E-state index contributed by atoms with van der Waals surface area (Å²) in [6.07, 6.45) is 1.38. The van der Waals surface area contributed by atoms with E-state index in [4.69, 9.17) is 0 Å². The Hall–Kier alpha value is -2.91. The zero-order valence-electron chi connectivity index (χ0n) is 16.0. The number of carbonyl (C=O) groups excluding carboxylic acids is 1. The zero-order chi connectivity index (χ0) is 19.1. The van der Waals surface area contributed by atoms with Crippen molar-refractivity contribution in [3.63, 3.8) is 0 Å². The van der Waals surface area contributed by atoms with E-state index in [0.29, 0.717) is 6.42 Å². The van der Waals surface area contributed by atoms with E-state index in [1.54, 1.807) is 0 Å². The minimum absolute atomic E-state index is 0.00324. The summed E-state index contributed by atoms with van der Waals surface area (Å²) in [5.74, 6) is 0.00324. The van der Waals surface area contributed by atoms with Gasteiger partial charge in [0.05, 0.1) is 6.42 Å². The zero-order valence-corrected chi connectivity index (χ0v) is 16.0. The van der Waals surface area contributed by atoms with E-state index in [9.17, 15) is 4.79 Å². The van der Waals surface area contributed by atoms with Gasteiger partial charge in [0.15, 0.2) is 0 Å². The highest BCUT2D eigenvalue weighted by molar-refractivity contribution is 5.92. The quantitative estimate of drug-likeness (QED) is 0.667. The number of rotatable bonds is 7. The van der Waals surface area contributed by atoms with Crippen molar-refractivity contribution in [3.8, 4) is 11.1 Å². The minimum Gasteiger partial charge on any atom is -0.326 e. The monoisotopic (exact) mass is 358 g/mol. The van der Waals surface area contributed by atoms with Gasteiger partial charge in [0.25, 0.3) is 0 Å². The lowest BCUT2D eigenvalue weighted by Crippen LogP contribution is -2.15. The molecule has 0 bridgehead atoms. The Morgan fingerprint density at radius 3 is 2.00 bits per heavy atom. The van der Waals surface area contributed by atoms with Crippen LogP contribution < -0.4 is 5.32 Å². The number of nitrogens with one attached hydrogen (secondary N) is 1. The first-order valence-corrected chi connectivity index (χ1v) is 9.28. The number of likely N-dealkylation sites (N-methyl/N-ethyl adjacent to an activating group) is 1. The van der Waals surface area contributed by atoms with Gasteiger partial charge in [-0.1, -0.05) is 66.7 Å². The van der Waals surface area contributed by atoms with Crippen LogP contribution in [-0.2, 0) is 17.6 Å². The second kappa shape index (κ2) is 9.15. The van der Waals surface area contributed by atoms with Crippen molar-refractivity contribution >= 4 is 11.6 Å². The molecule has 0 aliphatic rings. The first-order chi connectivity index (χ1) is 13.1. The second-order valence-electron chi connectivity index (χ2n) is 7.04. The average Bonchev–Trinajstić information content (AvgIpc) is 2.68. The van der Waals surface area contributed by atoms with Gasteiger partial charge in [-0.3, -0.25) is 4.79 Å². The lowest BCUT2D eigenvalue weighted by Gasteiger charge is -2.10. The Kier molecular flexibility index (Phi) is 6.39. The maximum absolute atomic E-state index is 12.3. The standard InChI is InChI=1S/C24H26N2O/c1-26(2)17-16-19-10-14-23(15-11-19)25-24(27)18-20-8-12-22(13-9-20)21-6-4-3-5-7-21/h3-15H,16-18H2,1-2H3,(H,25,27). The molecule has 0 radical (unpaired) electrons. The van der Waals surface area contributed by atoms with Gasteiger partial charge >= 0.3 is 0 Å². The lowest BCUT2D eigenvalue weighted by molar-refractivity contribution is -0.115. The number of amides is 1. The summed E-state index contributed by atoms with van der Waals surface area (Å²) < 4.78 is 0. The number of benzene rings is 3. The van der Waals surface area contributed by atoms with E-state index < -0.39 is 0 Å².